The minimum atomic E-state index is 0. The maximum absolute atomic E-state index is 6.71. The van der Waals surface area contributed by atoms with E-state index in [9.17, 15) is 0 Å². The molecule has 1 nitrogen and oxygen atoms in total. The van der Waals surface area contributed by atoms with Crippen molar-refractivity contribution in [1.82, 2.24) is 0 Å². The van der Waals surface area contributed by atoms with Gasteiger partial charge >= 0.3 is 0 Å². The molecule has 0 aliphatic carbocycles. The van der Waals surface area contributed by atoms with E-state index in [1.807, 2.05) is 13.8 Å². The minimum Gasteiger partial charge on any atom is -0.676 e. The molecule has 0 spiro atoms. The molecule has 39 valence electrons. The van der Waals surface area contributed by atoms with Gasteiger partial charge in [-0.05, 0) is 0 Å². The van der Waals surface area contributed by atoms with Gasteiger partial charge in [0.1, 0.15) is 0 Å². The fourth-order valence-corrected chi connectivity index (χ4v) is 0.0884. The molecule has 0 saturated carbocycles. The van der Waals surface area contributed by atoms with Crippen LogP contribution in [0.15, 0.2) is 5.57 Å². The average Bonchev–Trinajstić information content (AvgIpc) is 1.65. The molecular weight excluding hydrogens is 163 g/mol. The van der Waals surface area contributed by atoms with Crippen LogP contribution in [0.25, 0.3) is 5.73 Å². The molecule has 0 unspecified atom stereocenters. The number of rotatable bonds is 1. The van der Waals surface area contributed by atoms with Crippen molar-refractivity contribution >= 4 is 0 Å². The Hall–Kier alpha value is 0.804. The zero-order valence-corrected chi connectivity index (χ0v) is 7.62. The van der Waals surface area contributed by atoms with E-state index in [-0.39, 0.29) is 32.7 Å². The predicted octanol–water partition coefficient (Wildman–Crippen LogP) is 1.81. The first kappa shape index (κ1) is 10.7. The Morgan fingerprint density at radius 3 is 2.14 bits per heavy atom. The van der Waals surface area contributed by atoms with Crippen molar-refractivity contribution in [3.63, 3.8) is 0 Å². The van der Waals surface area contributed by atoms with Crippen molar-refractivity contribution < 1.29 is 32.7 Å². The number of nitrogens with one attached hydrogen (secondary N) is 1. The Balaban J connectivity index is 0. The maximum Gasteiger partial charge on any atom is 0 e. The van der Waals surface area contributed by atoms with Crippen molar-refractivity contribution in [2.24, 2.45) is 0 Å². The van der Waals surface area contributed by atoms with Crippen LogP contribution in [0.1, 0.15) is 13.8 Å². The van der Waals surface area contributed by atoms with Crippen LogP contribution in [0, 0.1) is 6.08 Å². The van der Waals surface area contributed by atoms with Crippen molar-refractivity contribution in [3.8, 4) is 0 Å². The van der Waals surface area contributed by atoms with Crippen LogP contribution in [0.2, 0.25) is 0 Å². The molecule has 0 fully saturated rings. The van der Waals surface area contributed by atoms with Crippen molar-refractivity contribution in [3.05, 3.63) is 17.4 Å². The Kier molecular flexibility index (Phi) is 10.4. The second kappa shape index (κ2) is 6.80. The Labute approximate surface area is 70.2 Å². The Bertz CT molecular complexity index is 59.1. The van der Waals surface area contributed by atoms with Crippen LogP contribution < -0.4 is 0 Å². The van der Waals surface area contributed by atoms with Gasteiger partial charge in [-0.2, -0.15) is 13.5 Å². The fraction of sp³-hybridized carbons (Fsp3) is 0.600. The van der Waals surface area contributed by atoms with E-state index < -0.39 is 0 Å². The molecule has 1 N–H and O–H groups in total. The first-order chi connectivity index (χ1) is 2.81. The first-order valence-electron chi connectivity index (χ1n) is 1.96. The van der Waals surface area contributed by atoms with Crippen LogP contribution in [0.3, 0.4) is 0 Å². The average molecular weight is 172 g/mol. The third-order valence-electron chi connectivity index (χ3n) is 0.692. The maximum atomic E-state index is 6.71. The summed E-state index contributed by atoms with van der Waals surface area (Å²) in [5.74, 6) is 0. The summed E-state index contributed by atoms with van der Waals surface area (Å²) in [6.45, 7) is 4.10. The van der Waals surface area contributed by atoms with E-state index in [1.165, 1.54) is 0 Å². The molecule has 0 atom stereocenters. The fourth-order valence-electron chi connectivity index (χ4n) is 0.0884. The second-order valence-electron chi connectivity index (χ2n) is 1.21. The molecule has 0 aliphatic rings. The summed E-state index contributed by atoms with van der Waals surface area (Å²) in [6.07, 6.45) is 2.84. The quantitative estimate of drug-likeness (QED) is 0.538. The van der Waals surface area contributed by atoms with E-state index in [2.05, 4.69) is 6.08 Å². The van der Waals surface area contributed by atoms with E-state index >= 15 is 0 Å². The number of hydrogen-bond donors (Lipinski definition) is 0. The number of hydrogen-bond acceptors (Lipinski definition) is 0. The van der Waals surface area contributed by atoms with Crippen LogP contribution in [-0.4, -0.2) is 6.54 Å². The summed E-state index contributed by atoms with van der Waals surface area (Å²) >= 11 is 0. The molecule has 0 aliphatic heterocycles. The van der Waals surface area contributed by atoms with Gasteiger partial charge in [0.2, 0.25) is 0 Å². The van der Waals surface area contributed by atoms with Crippen LogP contribution in [-0.2, 0) is 32.7 Å². The molecule has 0 saturated heterocycles. The molecule has 0 aromatic carbocycles. The molecule has 0 rings (SSSR count). The van der Waals surface area contributed by atoms with E-state index in [0.29, 0.717) is 6.54 Å². The normalized spacial score (nSPS) is 10.4. The smallest absolute Gasteiger partial charge is 0 e. The minimum absolute atomic E-state index is 0. The SMILES string of the molecule is C[C-]=C(C)C[NH-].[Y]. The molecule has 0 aromatic rings. The molecule has 7 heavy (non-hydrogen) atoms. The van der Waals surface area contributed by atoms with Gasteiger partial charge in [-0.25, -0.2) is 0 Å². The zero-order chi connectivity index (χ0) is 4.99. The van der Waals surface area contributed by atoms with Gasteiger partial charge < -0.3 is 11.8 Å². The van der Waals surface area contributed by atoms with E-state index in [4.69, 9.17) is 5.73 Å². The predicted molar refractivity (Wildman–Crippen MR) is 27.3 cm³/mol. The van der Waals surface area contributed by atoms with Crippen LogP contribution in [0.4, 0.5) is 0 Å². The molecule has 0 bridgehead atoms. The van der Waals surface area contributed by atoms with Gasteiger partial charge in [-0.1, -0.05) is 6.92 Å². The first-order valence-corrected chi connectivity index (χ1v) is 1.96. The molecule has 0 heterocycles. The van der Waals surface area contributed by atoms with Crippen molar-refractivity contribution in [1.29, 1.82) is 0 Å². The topological polar surface area (TPSA) is 23.8 Å². The summed E-state index contributed by atoms with van der Waals surface area (Å²) in [5.41, 5.74) is 7.72. The van der Waals surface area contributed by atoms with Crippen LogP contribution in [0.5, 0.6) is 0 Å². The van der Waals surface area contributed by atoms with Gasteiger partial charge in [-0.3, -0.25) is 5.57 Å². The second-order valence-corrected chi connectivity index (χ2v) is 1.21. The Morgan fingerprint density at radius 2 is 2.14 bits per heavy atom. The molecule has 1 radical (unpaired) electrons. The van der Waals surface area contributed by atoms with E-state index in [1.54, 1.807) is 0 Å². The zero-order valence-electron chi connectivity index (χ0n) is 4.78. The van der Waals surface area contributed by atoms with Gasteiger partial charge in [-0.15, -0.1) is 0 Å². The summed E-state index contributed by atoms with van der Waals surface area (Å²) < 4.78 is 0. The third-order valence-corrected chi connectivity index (χ3v) is 0.692. The Morgan fingerprint density at radius 1 is 1.71 bits per heavy atom. The summed E-state index contributed by atoms with van der Waals surface area (Å²) in [6, 6.07) is 0. The monoisotopic (exact) mass is 172 g/mol. The molecular formula is C5H9NY-2. The standard InChI is InChI=1S/C5H9N.Y/c1-3-5(2)4-6;/h6H,4H2,1-2H3;/q-2;. The molecule has 2 heteroatoms. The van der Waals surface area contributed by atoms with Gasteiger partial charge in [0.15, 0.2) is 0 Å². The van der Waals surface area contributed by atoms with Crippen LogP contribution >= 0.6 is 0 Å². The third kappa shape index (κ3) is 6.80. The molecule has 0 aromatic heterocycles. The summed E-state index contributed by atoms with van der Waals surface area (Å²) in [4.78, 5) is 0. The van der Waals surface area contributed by atoms with Gasteiger partial charge in [0.05, 0.1) is 0 Å². The van der Waals surface area contributed by atoms with Gasteiger partial charge in [0.25, 0.3) is 0 Å². The van der Waals surface area contributed by atoms with Crippen molar-refractivity contribution in [2.75, 3.05) is 6.54 Å². The summed E-state index contributed by atoms with van der Waals surface area (Å²) in [7, 11) is 0. The molecule has 0 amide bonds. The van der Waals surface area contributed by atoms with Crippen molar-refractivity contribution in [2.45, 2.75) is 13.8 Å². The number of allylic oxidation sites excluding steroid dienone is 1. The summed E-state index contributed by atoms with van der Waals surface area (Å²) in [5, 5.41) is 0. The van der Waals surface area contributed by atoms with E-state index in [0.717, 1.165) is 5.57 Å². The largest absolute Gasteiger partial charge is 0.676 e. The van der Waals surface area contributed by atoms with Gasteiger partial charge in [0, 0.05) is 32.7 Å².